The number of furan rings is 1. The van der Waals surface area contributed by atoms with Gasteiger partial charge in [0.2, 0.25) is 0 Å². The maximum absolute atomic E-state index is 9.08. The van der Waals surface area contributed by atoms with Gasteiger partial charge in [0.25, 0.3) is 0 Å². The number of allylic oxidation sites excluding steroid dienone is 4. The average Bonchev–Trinajstić information content (AvgIpc) is 3.28. The molecule has 1 heterocycles. The van der Waals surface area contributed by atoms with Gasteiger partial charge < -0.3 is 35.1 Å². The normalized spacial score (nSPS) is 10.4. The molecule has 1 aromatic heterocycles. The summed E-state index contributed by atoms with van der Waals surface area (Å²) in [6.45, 7) is 18.9. The molecular formula is C34H54N4O3Zn2-2. The zero-order valence-corrected chi connectivity index (χ0v) is 34.9. The van der Waals surface area contributed by atoms with Crippen molar-refractivity contribution in [2.75, 3.05) is 54.4 Å². The maximum atomic E-state index is 9.08. The van der Waals surface area contributed by atoms with E-state index < -0.39 is 0 Å². The van der Waals surface area contributed by atoms with Crippen LogP contribution in [-0.4, -0.2) is 74.4 Å². The van der Waals surface area contributed by atoms with Crippen LogP contribution in [-0.2, 0) is 39.0 Å². The molecule has 0 aliphatic rings. The molecule has 0 fully saturated rings. The number of hydrogen-bond donors (Lipinski definition) is 2. The maximum Gasteiger partial charge on any atom is 0.120 e. The van der Waals surface area contributed by atoms with Crippen LogP contribution in [0.3, 0.4) is 0 Å². The number of nitrogens with zero attached hydrogens (tertiary/aromatic N) is 4. The van der Waals surface area contributed by atoms with Crippen molar-refractivity contribution in [1.29, 1.82) is 0 Å². The van der Waals surface area contributed by atoms with Gasteiger partial charge in [-0.05, 0) is 80.1 Å². The van der Waals surface area contributed by atoms with Crippen molar-refractivity contribution < 1.29 is 53.6 Å². The van der Waals surface area contributed by atoms with E-state index in [2.05, 4.69) is 50.1 Å². The van der Waals surface area contributed by atoms with Crippen LogP contribution in [0, 0.1) is 11.8 Å². The van der Waals surface area contributed by atoms with Crippen molar-refractivity contribution in [2.24, 2.45) is 11.8 Å². The van der Waals surface area contributed by atoms with Gasteiger partial charge in [-0.25, -0.2) is 0 Å². The summed E-state index contributed by atoms with van der Waals surface area (Å²) in [6, 6.07) is 12.3. The third-order valence-electron chi connectivity index (χ3n) is 6.26. The molecule has 43 heavy (non-hydrogen) atoms. The van der Waals surface area contributed by atoms with Gasteiger partial charge in [-0.2, -0.15) is 0 Å². The predicted molar refractivity (Wildman–Crippen MR) is 178 cm³/mol. The van der Waals surface area contributed by atoms with Crippen LogP contribution < -0.4 is 0 Å². The van der Waals surface area contributed by atoms with Gasteiger partial charge in [0, 0.05) is 61.6 Å². The predicted octanol–water partition coefficient (Wildman–Crippen LogP) is 9.70. The minimum Gasteiger partial charge on any atom is -0.680 e. The number of fused-ring (bicyclic) bond motifs is 3. The smallest absolute Gasteiger partial charge is 0.120 e. The zero-order valence-electron chi connectivity index (χ0n) is 29.0. The molecule has 2 N–H and O–H groups in total. The molecule has 7 nitrogen and oxygen atoms in total. The van der Waals surface area contributed by atoms with E-state index in [1.54, 1.807) is 0 Å². The van der Waals surface area contributed by atoms with Crippen LogP contribution in [0.15, 0.2) is 63.5 Å². The van der Waals surface area contributed by atoms with E-state index in [4.69, 9.17) is 25.3 Å². The van der Waals surface area contributed by atoms with Gasteiger partial charge in [-0.3, -0.25) is 0 Å². The average molecular weight is 698 g/mol. The number of benzene rings is 2. The summed E-state index contributed by atoms with van der Waals surface area (Å²) in [4.78, 5) is 4.26. The van der Waals surface area contributed by atoms with Crippen molar-refractivity contribution >= 4 is 33.3 Å². The summed E-state index contributed by atoms with van der Waals surface area (Å²) >= 11 is 0. The Morgan fingerprint density at radius 2 is 0.977 bits per heavy atom. The zero-order chi connectivity index (χ0) is 31.3. The quantitative estimate of drug-likeness (QED) is 0.163. The molecule has 0 amide bonds. The van der Waals surface area contributed by atoms with Crippen molar-refractivity contribution in [1.82, 2.24) is 9.80 Å². The molecule has 9 heteroatoms. The first-order valence-corrected chi connectivity index (χ1v) is 14.5. The third kappa shape index (κ3) is 15.1. The van der Waals surface area contributed by atoms with Crippen LogP contribution >= 0.6 is 0 Å². The first kappa shape index (κ1) is 43.2. The Balaban J connectivity index is 0. The van der Waals surface area contributed by atoms with Gasteiger partial charge in [-0.1, -0.05) is 75.5 Å². The number of likely N-dealkylation sites (N-methyl/N-ethyl adjacent to an activating group) is 2. The fourth-order valence-electron chi connectivity index (χ4n) is 3.94. The van der Waals surface area contributed by atoms with E-state index >= 15 is 0 Å². The fraction of sp³-hybridized carbons (Fsp3) is 0.529. The second kappa shape index (κ2) is 21.7. The van der Waals surface area contributed by atoms with Crippen LogP contribution in [0.2, 0.25) is 0 Å². The molecule has 0 aliphatic heterocycles. The van der Waals surface area contributed by atoms with E-state index in [9.17, 15) is 0 Å². The fourth-order valence-corrected chi connectivity index (χ4v) is 3.94. The third-order valence-corrected chi connectivity index (χ3v) is 6.26. The Kier molecular flexibility index (Phi) is 21.8. The number of aliphatic hydroxyl groups is 2. The van der Waals surface area contributed by atoms with E-state index in [0.717, 1.165) is 70.6 Å². The standard InChI is InChI=1S/C20H26N4O.2C7H14O.2Zn/c1-23(2)13-11-21-17-9-5-7-15-16-8-6-10-18(20(16)25-19(15)17)22-12-14-24(3)4;2*1-5(2)7(8)6(3)4;;/h5-10H,11-14H2,1-4H3;2*5,8H,1-4H3;;/q-2;;;;. The molecule has 0 saturated heterocycles. The molecule has 3 rings (SSSR count). The molecule has 234 valence electrons. The number of aliphatic hydroxyl groups excluding tert-OH is 2. The van der Waals surface area contributed by atoms with Gasteiger partial charge in [0.05, 0.1) is 11.5 Å². The van der Waals surface area contributed by atoms with Crippen molar-refractivity contribution in [3.8, 4) is 0 Å². The Morgan fingerprint density at radius 3 is 1.21 bits per heavy atom. The van der Waals surface area contributed by atoms with E-state index in [-0.39, 0.29) is 50.8 Å². The number of rotatable bonds is 10. The van der Waals surface area contributed by atoms with Crippen LogP contribution in [0.1, 0.15) is 55.4 Å². The topological polar surface area (TPSA) is 88.3 Å². The minimum absolute atomic E-state index is 0. The molecule has 0 aliphatic carbocycles. The van der Waals surface area contributed by atoms with Crippen molar-refractivity contribution in [2.45, 2.75) is 55.4 Å². The SMILES string of the molecule is CC(C)=C(O)C(C)C.CC(C)=C(O)C(C)C.CN(C)CC[N-]c1cccc2c1oc1c([N-]CCN(C)C)cccc12.[Zn].[Zn]. The second-order valence-corrected chi connectivity index (χ2v) is 11.9. The summed E-state index contributed by atoms with van der Waals surface area (Å²) in [5.74, 6) is 1.59. The van der Waals surface area contributed by atoms with Crippen molar-refractivity contribution in [3.63, 3.8) is 0 Å². The molecule has 0 radical (unpaired) electrons. The number of hydrogen-bond acceptors (Lipinski definition) is 5. The summed E-state index contributed by atoms with van der Waals surface area (Å²) in [6.07, 6.45) is 0. The van der Waals surface area contributed by atoms with Gasteiger partial charge in [0.1, 0.15) is 11.2 Å². The molecule has 0 bridgehead atoms. The molecular weight excluding hydrogens is 643 g/mol. The first-order chi connectivity index (χ1) is 19.2. The van der Waals surface area contributed by atoms with E-state index in [1.807, 2.05) is 79.7 Å². The second-order valence-electron chi connectivity index (χ2n) is 11.9. The molecule has 0 saturated carbocycles. The molecule has 0 unspecified atom stereocenters. The van der Waals surface area contributed by atoms with Crippen LogP contribution in [0.5, 0.6) is 0 Å². The van der Waals surface area contributed by atoms with E-state index in [0.29, 0.717) is 11.5 Å². The Morgan fingerprint density at radius 1 is 0.651 bits per heavy atom. The molecule has 0 atom stereocenters. The van der Waals surface area contributed by atoms with Crippen LogP contribution in [0.25, 0.3) is 32.6 Å². The van der Waals surface area contributed by atoms with Gasteiger partial charge in [-0.15, -0.1) is 13.1 Å². The van der Waals surface area contributed by atoms with Crippen molar-refractivity contribution in [3.05, 3.63) is 69.7 Å². The molecule has 0 spiro atoms. The Labute approximate surface area is 286 Å². The first-order valence-electron chi connectivity index (χ1n) is 14.5. The monoisotopic (exact) mass is 694 g/mol. The number of para-hydroxylation sites is 2. The summed E-state index contributed by atoms with van der Waals surface area (Å²) in [7, 11) is 8.22. The largest absolute Gasteiger partial charge is 0.680 e. The Bertz CT molecular complexity index is 1180. The van der Waals surface area contributed by atoms with E-state index in [1.165, 1.54) is 0 Å². The summed E-state index contributed by atoms with van der Waals surface area (Å²) < 4.78 is 6.22. The Hall–Kier alpha value is -1.91. The van der Waals surface area contributed by atoms with Crippen LogP contribution in [0.4, 0.5) is 11.4 Å². The van der Waals surface area contributed by atoms with Gasteiger partial charge in [0.15, 0.2) is 0 Å². The summed E-state index contributed by atoms with van der Waals surface area (Å²) in [5.41, 5.74) is 5.56. The van der Waals surface area contributed by atoms with Gasteiger partial charge >= 0.3 is 0 Å². The summed E-state index contributed by atoms with van der Waals surface area (Å²) in [5, 5.41) is 29.8. The molecule has 3 aromatic rings. The minimum atomic E-state index is 0. The molecule has 2 aromatic carbocycles.